The molecule has 1 aromatic rings. The fraction of sp³-hybridized carbons (Fsp3) is 0.632. The van der Waals surface area contributed by atoms with Crippen molar-refractivity contribution < 1.29 is 14.6 Å². The van der Waals surface area contributed by atoms with Crippen LogP contribution in [0.4, 0.5) is 0 Å². The van der Waals surface area contributed by atoms with Crippen molar-refractivity contribution in [1.82, 2.24) is 4.90 Å². The maximum atomic E-state index is 13.3. The van der Waals surface area contributed by atoms with Gasteiger partial charge in [-0.1, -0.05) is 25.0 Å². The van der Waals surface area contributed by atoms with Crippen LogP contribution in [-0.2, 0) is 10.2 Å². The monoisotopic (exact) mass is 317 g/mol. The van der Waals surface area contributed by atoms with Crippen molar-refractivity contribution in [3.8, 4) is 5.75 Å². The summed E-state index contributed by atoms with van der Waals surface area (Å²) in [5, 5.41) is 9.30. The molecule has 1 heterocycles. The Labute approximate surface area is 138 Å². The number of aliphatic hydroxyl groups is 1. The number of methoxy groups -OCH3 is 1. The number of hydrogen-bond acceptors (Lipinski definition) is 3. The van der Waals surface area contributed by atoms with Gasteiger partial charge in [-0.05, 0) is 49.3 Å². The van der Waals surface area contributed by atoms with Crippen LogP contribution in [0.5, 0.6) is 5.75 Å². The minimum Gasteiger partial charge on any atom is -0.497 e. The summed E-state index contributed by atoms with van der Waals surface area (Å²) >= 11 is 0. The number of hydrogen-bond donors (Lipinski definition) is 1. The second-order valence-corrected chi connectivity index (χ2v) is 6.94. The molecular weight excluding hydrogens is 290 g/mol. The van der Waals surface area contributed by atoms with Crippen LogP contribution in [0, 0.1) is 5.92 Å². The zero-order valence-corrected chi connectivity index (χ0v) is 14.0. The number of amides is 1. The molecule has 1 saturated heterocycles. The summed E-state index contributed by atoms with van der Waals surface area (Å²) in [7, 11) is 1.67. The van der Waals surface area contributed by atoms with E-state index in [9.17, 15) is 9.90 Å². The fourth-order valence-corrected chi connectivity index (χ4v) is 4.15. The third-order valence-corrected chi connectivity index (χ3v) is 5.65. The maximum Gasteiger partial charge on any atom is 0.233 e. The van der Waals surface area contributed by atoms with E-state index in [1.54, 1.807) is 7.11 Å². The molecule has 0 aromatic heterocycles. The number of aliphatic hydroxyl groups excluding tert-OH is 1. The van der Waals surface area contributed by atoms with Crippen molar-refractivity contribution in [3.05, 3.63) is 29.8 Å². The van der Waals surface area contributed by atoms with Crippen molar-refractivity contribution in [2.45, 2.75) is 43.9 Å². The third kappa shape index (κ3) is 3.09. The van der Waals surface area contributed by atoms with Gasteiger partial charge in [0, 0.05) is 19.7 Å². The van der Waals surface area contributed by atoms with Gasteiger partial charge in [-0.25, -0.2) is 0 Å². The number of rotatable bonds is 4. The summed E-state index contributed by atoms with van der Waals surface area (Å²) in [6.07, 6.45) is 5.90. The van der Waals surface area contributed by atoms with E-state index in [1.165, 1.54) is 0 Å². The van der Waals surface area contributed by atoms with Gasteiger partial charge in [0.2, 0.25) is 5.91 Å². The molecule has 1 aromatic carbocycles. The first kappa shape index (κ1) is 16.3. The van der Waals surface area contributed by atoms with Gasteiger partial charge in [0.1, 0.15) is 5.75 Å². The summed E-state index contributed by atoms with van der Waals surface area (Å²) in [6.45, 7) is 1.79. The lowest BCUT2D eigenvalue weighted by Crippen LogP contribution is -2.48. The van der Waals surface area contributed by atoms with E-state index >= 15 is 0 Å². The molecule has 1 saturated carbocycles. The Morgan fingerprint density at radius 3 is 2.61 bits per heavy atom. The van der Waals surface area contributed by atoms with Gasteiger partial charge in [-0.2, -0.15) is 0 Å². The number of carbonyl (C=O) groups is 1. The van der Waals surface area contributed by atoms with Crippen molar-refractivity contribution in [1.29, 1.82) is 0 Å². The van der Waals surface area contributed by atoms with Gasteiger partial charge >= 0.3 is 0 Å². The Bertz CT molecular complexity index is 543. The number of ether oxygens (including phenoxy) is 1. The van der Waals surface area contributed by atoms with Gasteiger partial charge in [0.15, 0.2) is 0 Å². The van der Waals surface area contributed by atoms with Crippen molar-refractivity contribution >= 4 is 5.91 Å². The maximum absolute atomic E-state index is 13.3. The highest BCUT2D eigenvalue weighted by atomic mass is 16.5. The lowest BCUT2D eigenvalue weighted by molar-refractivity contribution is -0.139. The van der Waals surface area contributed by atoms with E-state index in [0.29, 0.717) is 5.92 Å². The molecular formula is C19H27NO3. The molecule has 2 aliphatic rings. The van der Waals surface area contributed by atoms with E-state index < -0.39 is 0 Å². The molecule has 0 bridgehead atoms. The molecule has 1 amide bonds. The topological polar surface area (TPSA) is 49.8 Å². The molecule has 0 unspecified atom stereocenters. The van der Waals surface area contributed by atoms with Crippen LogP contribution in [-0.4, -0.2) is 42.7 Å². The molecule has 4 heteroatoms. The number of piperidine rings is 1. The quantitative estimate of drug-likeness (QED) is 0.929. The van der Waals surface area contributed by atoms with Gasteiger partial charge in [0.05, 0.1) is 12.5 Å². The molecule has 1 aliphatic heterocycles. The molecule has 0 spiro atoms. The zero-order chi connectivity index (χ0) is 16.3. The van der Waals surface area contributed by atoms with Crippen LogP contribution in [0.3, 0.4) is 0 Å². The second kappa shape index (κ2) is 6.91. The van der Waals surface area contributed by atoms with Crippen LogP contribution in [0.1, 0.15) is 44.1 Å². The van der Waals surface area contributed by atoms with Crippen LogP contribution in [0.15, 0.2) is 24.3 Å². The van der Waals surface area contributed by atoms with Crippen LogP contribution in [0.25, 0.3) is 0 Å². The molecule has 0 radical (unpaired) electrons. The zero-order valence-electron chi connectivity index (χ0n) is 14.0. The summed E-state index contributed by atoms with van der Waals surface area (Å²) in [5.74, 6) is 1.45. The van der Waals surface area contributed by atoms with Crippen molar-refractivity contribution in [3.63, 3.8) is 0 Å². The summed E-state index contributed by atoms with van der Waals surface area (Å²) in [5.41, 5.74) is 0.726. The fourth-order valence-electron chi connectivity index (χ4n) is 4.15. The highest BCUT2D eigenvalue weighted by molar-refractivity contribution is 5.89. The van der Waals surface area contributed by atoms with Crippen LogP contribution in [0.2, 0.25) is 0 Å². The second-order valence-electron chi connectivity index (χ2n) is 6.94. The van der Waals surface area contributed by atoms with Gasteiger partial charge < -0.3 is 14.7 Å². The summed E-state index contributed by atoms with van der Waals surface area (Å²) in [4.78, 5) is 15.4. The molecule has 126 valence electrons. The third-order valence-electron chi connectivity index (χ3n) is 5.65. The normalized spacial score (nSPS) is 21.4. The number of benzene rings is 1. The minimum absolute atomic E-state index is 0.239. The number of likely N-dealkylation sites (tertiary alicyclic amines) is 1. The molecule has 2 fully saturated rings. The molecule has 1 aliphatic carbocycles. The first-order chi connectivity index (χ1) is 11.2. The van der Waals surface area contributed by atoms with E-state index in [-0.39, 0.29) is 17.9 Å². The van der Waals surface area contributed by atoms with Crippen molar-refractivity contribution in [2.75, 3.05) is 26.8 Å². The van der Waals surface area contributed by atoms with Gasteiger partial charge in [-0.15, -0.1) is 0 Å². The average Bonchev–Trinajstić information content (AvgIpc) is 3.12. The first-order valence-electron chi connectivity index (χ1n) is 8.74. The molecule has 3 rings (SSSR count). The Kier molecular flexibility index (Phi) is 4.90. The molecule has 0 atom stereocenters. The highest BCUT2D eigenvalue weighted by Gasteiger charge is 2.45. The van der Waals surface area contributed by atoms with E-state index in [0.717, 1.165) is 62.9 Å². The minimum atomic E-state index is -0.374. The van der Waals surface area contributed by atoms with Gasteiger partial charge in [0.25, 0.3) is 0 Å². The van der Waals surface area contributed by atoms with Crippen LogP contribution >= 0.6 is 0 Å². The number of nitrogens with zero attached hydrogens (tertiary/aromatic N) is 1. The largest absolute Gasteiger partial charge is 0.497 e. The summed E-state index contributed by atoms with van der Waals surface area (Å²) in [6, 6.07) is 8.03. The molecule has 1 N–H and O–H groups in total. The smallest absolute Gasteiger partial charge is 0.233 e. The van der Waals surface area contributed by atoms with E-state index in [4.69, 9.17) is 4.74 Å². The Morgan fingerprint density at radius 2 is 2.00 bits per heavy atom. The van der Waals surface area contributed by atoms with E-state index in [1.807, 2.05) is 23.1 Å². The predicted molar refractivity (Wildman–Crippen MR) is 89.5 cm³/mol. The van der Waals surface area contributed by atoms with Crippen molar-refractivity contribution in [2.24, 2.45) is 5.92 Å². The lowest BCUT2D eigenvalue weighted by atomic mass is 9.77. The van der Waals surface area contributed by atoms with E-state index in [2.05, 4.69) is 6.07 Å². The summed E-state index contributed by atoms with van der Waals surface area (Å²) < 4.78 is 5.36. The molecule has 4 nitrogen and oxygen atoms in total. The predicted octanol–water partition coefficient (Wildman–Crippen LogP) is 2.74. The molecule has 23 heavy (non-hydrogen) atoms. The van der Waals surface area contributed by atoms with Crippen LogP contribution < -0.4 is 4.74 Å². The van der Waals surface area contributed by atoms with Gasteiger partial charge in [-0.3, -0.25) is 4.79 Å². The average molecular weight is 317 g/mol. The lowest BCUT2D eigenvalue weighted by Gasteiger charge is -2.38. The Morgan fingerprint density at radius 1 is 1.30 bits per heavy atom. The Hall–Kier alpha value is -1.55. The first-order valence-corrected chi connectivity index (χ1v) is 8.74. The highest BCUT2D eigenvalue weighted by Crippen LogP contribution is 2.44. The SMILES string of the molecule is COc1cccc(C2(C(=O)N3CCC(CO)CC3)CCCC2)c1. The Balaban J connectivity index is 1.84. The number of carbonyl (C=O) groups excluding carboxylic acids is 1. The standard InChI is InChI=1S/C19H27NO3/c1-23-17-6-4-5-16(13-17)19(9-2-3-10-19)18(22)20-11-7-15(14-21)8-12-20/h4-6,13,15,21H,2-3,7-12,14H2,1H3.